The molecule has 1 aromatic heterocycles. The molecule has 0 aliphatic carbocycles. The van der Waals surface area contributed by atoms with E-state index in [4.69, 9.17) is 5.11 Å². The molecule has 0 radical (unpaired) electrons. The van der Waals surface area contributed by atoms with Crippen LogP contribution in [-0.4, -0.2) is 27.5 Å². The first-order chi connectivity index (χ1) is 9.38. The lowest BCUT2D eigenvalue weighted by Crippen LogP contribution is -2.04. The van der Waals surface area contributed by atoms with Crippen LogP contribution in [0.3, 0.4) is 0 Å². The Hall–Kier alpha value is -2.44. The number of carboxylic acid groups (broad SMARTS) is 1. The van der Waals surface area contributed by atoms with E-state index in [1.54, 1.807) is 19.1 Å². The van der Waals surface area contributed by atoms with Crippen LogP contribution >= 0.6 is 0 Å². The van der Waals surface area contributed by atoms with Crippen molar-refractivity contribution in [2.45, 2.75) is 13.5 Å². The molecule has 1 N–H and O–H groups in total. The maximum atomic E-state index is 12.3. The molecule has 0 amide bonds. The minimum Gasteiger partial charge on any atom is -0.477 e. The molecule has 0 bridgehead atoms. The Bertz CT molecular complexity index is 653. The Morgan fingerprint density at radius 2 is 2.10 bits per heavy atom. The van der Waals surface area contributed by atoms with Gasteiger partial charge in [0.05, 0.1) is 5.69 Å². The summed E-state index contributed by atoms with van der Waals surface area (Å²) in [6.45, 7) is -1.27. The Kier molecular flexibility index (Phi) is 3.69. The van der Waals surface area contributed by atoms with E-state index in [9.17, 15) is 13.6 Å². The molecule has 7 heteroatoms. The van der Waals surface area contributed by atoms with Gasteiger partial charge in [-0.2, -0.15) is 13.9 Å². The first-order valence-electron chi connectivity index (χ1n) is 5.71. The van der Waals surface area contributed by atoms with Crippen LogP contribution < -0.4 is 4.74 Å². The zero-order valence-corrected chi connectivity index (χ0v) is 10.8. The second-order valence-electron chi connectivity index (χ2n) is 4.20. The first-order valence-corrected chi connectivity index (χ1v) is 5.71. The van der Waals surface area contributed by atoms with Crippen LogP contribution in [0.25, 0.3) is 11.3 Å². The van der Waals surface area contributed by atoms with E-state index >= 15 is 0 Å². The molecular weight excluding hydrogens is 270 g/mol. The van der Waals surface area contributed by atoms with E-state index in [1.807, 2.05) is 0 Å². The molecule has 0 spiro atoms. The topological polar surface area (TPSA) is 64.3 Å². The summed E-state index contributed by atoms with van der Waals surface area (Å²) in [5.41, 5.74) is 1.46. The molecule has 106 valence electrons. The number of aromatic nitrogens is 2. The Labute approximate surface area is 113 Å². The predicted octanol–water partition coefficient (Wildman–Crippen LogP) is 2.70. The number of rotatable bonds is 4. The second-order valence-corrected chi connectivity index (χ2v) is 4.20. The van der Waals surface area contributed by atoms with Gasteiger partial charge in [0, 0.05) is 12.6 Å². The van der Waals surface area contributed by atoms with Crippen LogP contribution in [0.4, 0.5) is 8.78 Å². The van der Waals surface area contributed by atoms with Gasteiger partial charge in [-0.1, -0.05) is 12.1 Å². The Balaban J connectivity index is 2.42. The van der Waals surface area contributed by atoms with Gasteiger partial charge in [-0.15, -0.1) is 0 Å². The third-order valence-corrected chi connectivity index (χ3v) is 2.80. The van der Waals surface area contributed by atoms with E-state index in [1.165, 1.54) is 23.9 Å². The van der Waals surface area contributed by atoms with Crippen molar-refractivity contribution in [1.29, 1.82) is 0 Å². The molecule has 20 heavy (non-hydrogen) atoms. The molecule has 0 unspecified atom stereocenters. The maximum absolute atomic E-state index is 12.3. The minimum atomic E-state index is -2.91. The number of benzene rings is 1. The number of aryl methyl sites for hydroxylation is 2. The van der Waals surface area contributed by atoms with E-state index in [-0.39, 0.29) is 11.4 Å². The van der Waals surface area contributed by atoms with E-state index in [0.717, 1.165) is 0 Å². The number of aromatic carboxylic acids is 1. The van der Waals surface area contributed by atoms with Crippen molar-refractivity contribution < 1.29 is 23.4 Å². The van der Waals surface area contributed by atoms with Gasteiger partial charge in [0.25, 0.3) is 0 Å². The summed E-state index contributed by atoms with van der Waals surface area (Å²) in [4.78, 5) is 10.9. The van der Waals surface area contributed by atoms with Crippen LogP contribution in [-0.2, 0) is 7.05 Å². The SMILES string of the molecule is Cc1ccc(-c2cc(C(=O)O)n(C)n2)cc1OC(F)F. The van der Waals surface area contributed by atoms with Crippen molar-refractivity contribution in [1.82, 2.24) is 9.78 Å². The van der Waals surface area contributed by atoms with Crippen molar-refractivity contribution in [2.24, 2.45) is 7.05 Å². The lowest BCUT2D eigenvalue weighted by atomic mass is 10.1. The van der Waals surface area contributed by atoms with Crippen molar-refractivity contribution >= 4 is 5.97 Å². The lowest BCUT2D eigenvalue weighted by Gasteiger charge is -2.08. The van der Waals surface area contributed by atoms with E-state index in [0.29, 0.717) is 16.8 Å². The van der Waals surface area contributed by atoms with Gasteiger partial charge in [-0.05, 0) is 24.6 Å². The fourth-order valence-electron chi connectivity index (χ4n) is 1.79. The summed E-state index contributed by atoms with van der Waals surface area (Å²) in [6.07, 6.45) is 0. The van der Waals surface area contributed by atoms with Gasteiger partial charge in [-0.3, -0.25) is 4.68 Å². The van der Waals surface area contributed by atoms with Crippen molar-refractivity contribution in [3.05, 3.63) is 35.5 Å². The van der Waals surface area contributed by atoms with Crippen molar-refractivity contribution in [2.75, 3.05) is 0 Å². The highest BCUT2D eigenvalue weighted by Crippen LogP contribution is 2.27. The number of nitrogens with zero attached hydrogens (tertiary/aromatic N) is 2. The molecule has 2 rings (SSSR count). The average molecular weight is 282 g/mol. The summed E-state index contributed by atoms with van der Waals surface area (Å²) in [6, 6.07) is 6.07. The highest BCUT2D eigenvalue weighted by Gasteiger charge is 2.15. The van der Waals surface area contributed by atoms with Gasteiger partial charge < -0.3 is 9.84 Å². The van der Waals surface area contributed by atoms with Crippen LogP contribution in [0.2, 0.25) is 0 Å². The van der Waals surface area contributed by atoms with Crippen LogP contribution in [0.1, 0.15) is 16.1 Å². The number of alkyl halides is 2. The molecule has 5 nitrogen and oxygen atoms in total. The fourth-order valence-corrected chi connectivity index (χ4v) is 1.79. The lowest BCUT2D eigenvalue weighted by molar-refractivity contribution is -0.0502. The number of halogens is 2. The van der Waals surface area contributed by atoms with Gasteiger partial charge in [0.15, 0.2) is 0 Å². The number of ether oxygens (including phenoxy) is 1. The summed E-state index contributed by atoms with van der Waals surface area (Å²) >= 11 is 0. The highest BCUT2D eigenvalue weighted by molar-refractivity contribution is 5.87. The Morgan fingerprint density at radius 1 is 1.40 bits per heavy atom. The summed E-state index contributed by atoms with van der Waals surface area (Å²) < 4.78 is 30.2. The number of hydrogen-bond acceptors (Lipinski definition) is 3. The third-order valence-electron chi connectivity index (χ3n) is 2.80. The monoisotopic (exact) mass is 282 g/mol. The number of carbonyl (C=O) groups is 1. The summed E-state index contributed by atoms with van der Waals surface area (Å²) in [5.74, 6) is -1.07. The molecule has 0 aliphatic rings. The average Bonchev–Trinajstić information content (AvgIpc) is 2.73. The quantitative estimate of drug-likeness (QED) is 0.936. The molecule has 2 aromatic rings. The molecule has 0 saturated carbocycles. The molecule has 0 saturated heterocycles. The molecule has 0 fully saturated rings. The smallest absolute Gasteiger partial charge is 0.387 e. The predicted molar refractivity (Wildman–Crippen MR) is 67.0 cm³/mol. The van der Waals surface area contributed by atoms with Crippen LogP contribution in [0.5, 0.6) is 5.75 Å². The zero-order chi connectivity index (χ0) is 14.9. The first kappa shape index (κ1) is 14.0. The molecule has 0 aliphatic heterocycles. The highest BCUT2D eigenvalue weighted by atomic mass is 19.3. The third kappa shape index (κ3) is 2.76. The number of hydrogen-bond donors (Lipinski definition) is 1. The number of carboxylic acids is 1. The molecule has 1 heterocycles. The van der Waals surface area contributed by atoms with Gasteiger partial charge >= 0.3 is 12.6 Å². The molecule has 0 atom stereocenters. The van der Waals surface area contributed by atoms with Gasteiger partial charge in [0.2, 0.25) is 0 Å². The summed E-state index contributed by atoms with van der Waals surface area (Å²) in [5, 5.41) is 13.0. The van der Waals surface area contributed by atoms with Crippen molar-refractivity contribution in [3.63, 3.8) is 0 Å². The van der Waals surface area contributed by atoms with E-state index < -0.39 is 12.6 Å². The molecular formula is C13H12F2N2O3. The standard InChI is InChI=1S/C13H12F2N2O3/c1-7-3-4-8(5-11(7)20-13(14)15)9-6-10(12(18)19)17(2)16-9/h3-6,13H,1-2H3,(H,18,19). The normalized spacial score (nSPS) is 10.8. The van der Waals surface area contributed by atoms with Gasteiger partial charge in [-0.25, -0.2) is 4.79 Å². The van der Waals surface area contributed by atoms with Crippen LogP contribution in [0.15, 0.2) is 24.3 Å². The van der Waals surface area contributed by atoms with Gasteiger partial charge in [0.1, 0.15) is 11.4 Å². The Morgan fingerprint density at radius 3 is 2.65 bits per heavy atom. The van der Waals surface area contributed by atoms with E-state index in [2.05, 4.69) is 9.84 Å². The minimum absolute atomic E-state index is 0.0110. The van der Waals surface area contributed by atoms with Crippen molar-refractivity contribution in [3.8, 4) is 17.0 Å². The summed E-state index contributed by atoms with van der Waals surface area (Å²) in [7, 11) is 1.50. The fraction of sp³-hybridized carbons (Fsp3) is 0.231. The molecule has 1 aromatic carbocycles. The zero-order valence-electron chi connectivity index (χ0n) is 10.8. The second kappa shape index (κ2) is 5.28. The van der Waals surface area contributed by atoms with Crippen LogP contribution in [0, 0.1) is 6.92 Å². The maximum Gasteiger partial charge on any atom is 0.387 e. The largest absolute Gasteiger partial charge is 0.477 e.